The first-order valence-corrected chi connectivity index (χ1v) is 6.33. The van der Waals surface area contributed by atoms with Gasteiger partial charge in [-0.25, -0.2) is 0 Å². The Labute approximate surface area is 89.9 Å². The summed E-state index contributed by atoms with van der Waals surface area (Å²) in [6, 6.07) is 0. The van der Waals surface area contributed by atoms with Crippen LogP contribution in [0.2, 0.25) is 0 Å². The third-order valence-corrected chi connectivity index (χ3v) is 2.31. The van der Waals surface area contributed by atoms with Gasteiger partial charge in [0.2, 0.25) is 0 Å². The van der Waals surface area contributed by atoms with E-state index in [1.54, 1.807) is 0 Å². The Morgan fingerprint density at radius 1 is 0.571 bits per heavy atom. The van der Waals surface area contributed by atoms with Gasteiger partial charge in [0, 0.05) is 0 Å². The van der Waals surface area contributed by atoms with Crippen LogP contribution in [-0.2, 0) is 0 Å². The molecule has 0 unspecified atom stereocenters. The van der Waals surface area contributed by atoms with E-state index in [1.165, 1.54) is 64.7 Å². The number of rotatable bonds is 11. The van der Waals surface area contributed by atoms with Gasteiger partial charge in [-0.3, -0.25) is 0 Å². The summed E-state index contributed by atoms with van der Waals surface area (Å²) in [5.41, 5.74) is 0. The molecule has 2 nitrogen and oxygen atoms in total. The molecule has 0 aliphatic rings. The lowest BCUT2D eigenvalue weighted by Gasteiger charge is -2.04. The maximum atomic E-state index is 3.43. The standard InChI is InChI=1S/C12H28N2/c1-3-9-13-11-7-5-6-8-12-14-10-4-2/h13-14H,3-12H2,1-2H3. The zero-order valence-electron chi connectivity index (χ0n) is 10.1. The van der Waals surface area contributed by atoms with Crippen molar-refractivity contribution in [2.75, 3.05) is 26.2 Å². The van der Waals surface area contributed by atoms with Gasteiger partial charge < -0.3 is 10.6 Å². The smallest absolute Gasteiger partial charge is 0.00489 e. The van der Waals surface area contributed by atoms with Crippen molar-refractivity contribution in [3.05, 3.63) is 0 Å². The van der Waals surface area contributed by atoms with Gasteiger partial charge in [0.25, 0.3) is 0 Å². The van der Waals surface area contributed by atoms with Crippen LogP contribution in [0.1, 0.15) is 52.4 Å². The summed E-state index contributed by atoms with van der Waals surface area (Å²) in [5, 5.41) is 6.86. The maximum absolute atomic E-state index is 3.43. The molecule has 0 aromatic carbocycles. The number of hydrogen-bond acceptors (Lipinski definition) is 2. The van der Waals surface area contributed by atoms with Crippen molar-refractivity contribution in [3.63, 3.8) is 0 Å². The summed E-state index contributed by atoms with van der Waals surface area (Å²) in [4.78, 5) is 0. The number of unbranched alkanes of at least 4 members (excludes halogenated alkanes) is 3. The quantitative estimate of drug-likeness (QED) is 0.501. The highest BCUT2D eigenvalue weighted by atomic mass is 14.8. The second kappa shape index (κ2) is 12.9. The van der Waals surface area contributed by atoms with Crippen molar-refractivity contribution in [2.45, 2.75) is 52.4 Å². The first-order valence-electron chi connectivity index (χ1n) is 6.33. The minimum absolute atomic E-state index is 1.18. The minimum Gasteiger partial charge on any atom is -0.317 e. The van der Waals surface area contributed by atoms with E-state index in [9.17, 15) is 0 Å². The van der Waals surface area contributed by atoms with E-state index in [2.05, 4.69) is 24.5 Å². The van der Waals surface area contributed by atoms with E-state index < -0.39 is 0 Å². The number of nitrogens with one attached hydrogen (secondary N) is 2. The summed E-state index contributed by atoms with van der Waals surface area (Å²) in [6.07, 6.45) is 7.94. The van der Waals surface area contributed by atoms with Gasteiger partial charge in [0.05, 0.1) is 0 Å². The molecule has 86 valence electrons. The summed E-state index contributed by atoms with van der Waals surface area (Å²) in [7, 11) is 0. The third kappa shape index (κ3) is 11.9. The summed E-state index contributed by atoms with van der Waals surface area (Å²) in [6.45, 7) is 9.20. The van der Waals surface area contributed by atoms with E-state index in [1.807, 2.05) is 0 Å². The van der Waals surface area contributed by atoms with Gasteiger partial charge in [-0.2, -0.15) is 0 Å². The average molecular weight is 200 g/mol. The fourth-order valence-corrected chi connectivity index (χ4v) is 1.46. The zero-order valence-corrected chi connectivity index (χ0v) is 10.1. The molecular formula is C12H28N2. The van der Waals surface area contributed by atoms with Gasteiger partial charge in [0.1, 0.15) is 0 Å². The van der Waals surface area contributed by atoms with Crippen LogP contribution in [0, 0.1) is 0 Å². The Hall–Kier alpha value is -0.0800. The van der Waals surface area contributed by atoms with Crippen molar-refractivity contribution in [2.24, 2.45) is 0 Å². The summed E-state index contributed by atoms with van der Waals surface area (Å²) in [5.74, 6) is 0. The molecule has 0 spiro atoms. The minimum atomic E-state index is 1.18. The fraction of sp³-hybridized carbons (Fsp3) is 1.00. The lowest BCUT2D eigenvalue weighted by atomic mass is 10.2. The Morgan fingerprint density at radius 3 is 1.36 bits per heavy atom. The van der Waals surface area contributed by atoms with Crippen molar-refractivity contribution in [1.29, 1.82) is 0 Å². The SMILES string of the molecule is CCCNCCCCCCNCCC. The Balaban J connectivity index is 2.78. The van der Waals surface area contributed by atoms with Crippen molar-refractivity contribution in [3.8, 4) is 0 Å². The largest absolute Gasteiger partial charge is 0.317 e. The Bertz CT molecular complexity index is 82.3. The third-order valence-electron chi connectivity index (χ3n) is 2.31. The van der Waals surface area contributed by atoms with Crippen LogP contribution in [0.5, 0.6) is 0 Å². The molecule has 0 radical (unpaired) electrons. The predicted molar refractivity (Wildman–Crippen MR) is 64.8 cm³/mol. The van der Waals surface area contributed by atoms with Crippen LogP contribution in [0.25, 0.3) is 0 Å². The molecular weight excluding hydrogens is 172 g/mol. The molecule has 0 saturated heterocycles. The molecule has 0 amide bonds. The lowest BCUT2D eigenvalue weighted by molar-refractivity contribution is 0.561. The Morgan fingerprint density at radius 2 is 1.00 bits per heavy atom. The van der Waals surface area contributed by atoms with Crippen molar-refractivity contribution in [1.82, 2.24) is 10.6 Å². The molecule has 0 rings (SSSR count). The molecule has 0 aromatic heterocycles. The van der Waals surface area contributed by atoms with Gasteiger partial charge in [-0.15, -0.1) is 0 Å². The Kier molecular flexibility index (Phi) is 12.8. The molecule has 14 heavy (non-hydrogen) atoms. The fourth-order valence-electron chi connectivity index (χ4n) is 1.46. The van der Waals surface area contributed by atoms with E-state index in [0.29, 0.717) is 0 Å². The van der Waals surface area contributed by atoms with Gasteiger partial charge in [-0.05, 0) is 51.9 Å². The topological polar surface area (TPSA) is 24.1 Å². The molecule has 0 aromatic rings. The van der Waals surface area contributed by atoms with Gasteiger partial charge >= 0.3 is 0 Å². The van der Waals surface area contributed by atoms with Crippen LogP contribution in [-0.4, -0.2) is 26.2 Å². The molecule has 0 bridgehead atoms. The summed E-state index contributed by atoms with van der Waals surface area (Å²) < 4.78 is 0. The monoisotopic (exact) mass is 200 g/mol. The van der Waals surface area contributed by atoms with Crippen molar-refractivity contribution >= 4 is 0 Å². The lowest BCUT2D eigenvalue weighted by Crippen LogP contribution is -2.17. The van der Waals surface area contributed by atoms with Gasteiger partial charge in [0.15, 0.2) is 0 Å². The second-order valence-corrected chi connectivity index (χ2v) is 3.91. The maximum Gasteiger partial charge on any atom is -0.00489 e. The van der Waals surface area contributed by atoms with Crippen molar-refractivity contribution < 1.29 is 0 Å². The van der Waals surface area contributed by atoms with Crippen LogP contribution < -0.4 is 10.6 Å². The zero-order chi connectivity index (χ0) is 10.5. The van der Waals surface area contributed by atoms with Gasteiger partial charge in [-0.1, -0.05) is 26.7 Å². The average Bonchev–Trinajstić information content (AvgIpc) is 2.21. The highest BCUT2D eigenvalue weighted by Gasteiger charge is 1.90. The van der Waals surface area contributed by atoms with E-state index in [4.69, 9.17) is 0 Å². The molecule has 0 aliphatic carbocycles. The highest BCUT2D eigenvalue weighted by molar-refractivity contribution is 4.50. The van der Waals surface area contributed by atoms with Crippen LogP contribution in [0.3, 0.4) is 0 Å². The van der Waals surface area contributed by atoms with E-state index in [-0.39, 0.29) is 0 Å². The van der Waals surface area contributed by atoms with E-state index in [0.717, 1.165) is 0 Å². The first-order chi connectivity index (χ1) is 6.91. The van der Waals surface area contributed by atoms with Crippen LogP contribution in [0.15, 0.2) is 0 Å². The molecule has 2 heteroatoms. The van der Waals surface area contributed by atoms with Crippen LogP contribution >= 0.6 is 0 Å². The molecule has 0 atom stereocenters. The molecule has 0 fully saturated rings. The molecule has 0 heterocycles. The molecule has 0 aliphatic heterocycles. The predicted octanol–water partition coefficient (Wildman–Crippen LogP) is 2.55. The first kappa shape index (κ1) is 13.9. The molecule has 0 saturated carbocycles. The summed E-state index contributed by atoms with van der Waals surface area (Å²) >= 11 is 0. The normalized spacial score (nSPS) is 10.7. The second-order valence-electron chi connectivity index (χ2n) is 3.91. The van der Waals surface area contributed by atoms with E-state index >= 15 is 0 Å². The highest BCUT2D eigenvalue weighted by Crippen LogP contribution is 1.97. The number of hydrogen-bond donors (Lipinski definition) is 2. The molecule has 2 N–H and O–H groups in total. The van der Waals surface area contributed by atoms with Crippen LogP contribution in [0.4, 0.5) is 0 Å².